The van der Waals surface area contributed by atoms with Crippen molar-refractivity contribution in [3.8, 4) is 0 Å². The molecule has 0 radical (unpaired) electrons. The summed E-state index contributed by atoms with van der Waals surface area (Å²) in [5, 5.41) is 3.43. The second kappa shape index (κ2) is 7.64. The number of hydrogen-bond acceptors (Lipinski definition) is 3. The summed E-state index contributed by atoms with van der Waals surface area (Å²) in [6, 6.07) is 8.36. The number of carbonyl (C=O) groups excluding carboxylic acids is 2. The van der Waals surface area contributed by atoms with Gasteiger partial charge in [-0.15, -0.1) is 12.4 Å². The van der Waals surface area contributed by atoms with E-state index in [9.17, 15) is 9.59 Å². The Morgan fingerprint density at radius 3 is 2.72 bits per heavy atom. The van der Waals surface area contributed by atoms with Crippen molar-refractivity contribution >= 4 is 45.8 Å². The maximum absolute atomic E-state index is 13.1. The number of amides is 2. The van der Waals surface area contributed by atoms with Gasteiger partial charge in [0, 0.05) is 36.1 Å². The number of hydrogen-bond donors (Lipinski definition) is 1. The van der Waals surface area contributed by atoms with Gasteiger partial charge in [-0.25, -0.2) is 0 Å². The molecule has 3 heterocycles. The average molecular weight is 429 g/mol. The molecule has 3 unspecified atom stereocenters. The van der Waals surface area contributed by atoms with E-state index in [-0.39, 0.29) is 30.1 Å². The molecule has 25 heavy (non-hydrogen) atoms. The zero-order chi connectivity index (χ0) is 16.7. The normalized spacial score (nSPS) is 28.7. The molecule has 0 spiro atoms. The van der Waals surface area contributed by atoms with E-state index in [4.69, 9.17) is 0 Å². The van der Waals surface area contributed by atoms with Crippen molar-refractivity contribution < 1.29 is 9.59 Å². The quantitative estimate of drug-likeness (QED) is 0.788. The fourth-order valence-electron chi connectivity index (χ4n) is 4.33. The monoisotopic (exact) mass is 427 g/mol. The number of benzene rings is 1. The van der Waals surface area contributed by atoms with Crippen LogP contribution in [-0.2, 0) is 9.59 Å². The van der Waals surface area contributed by atoms with Gasteiger partial charge in [0.2, 0.25) is 11.8 Å². The SMILES string of the molecule is Cl.O=C1CC(C(=O)N2C3CCNCC2CC3)CN1c1ccccc1Br. The molecule has 3 aliphatic rings. The first-order valence-corrected chi connectivity index (χ1v) is 9.52. The Morgan fingerprint density at radius 2 is 1.92 bits per heavy atom. The third kappa shape index (κ3) is 3.44. The van der Waals surface area contributed by atoms with Crippen LogP contribution in [0.3, 0.4) is 0 Å². The second-order valence-electron chi connectivity index (χ2n) is 6.98. The van der Waals surface area contributed by atoms with Crippen molar-refractivity contribution in [3.63, 3.8) is 0 Å². The van der Waals surface area contributed by atoms with Crippen LogP contribution >= 0.6 is 28.3 Å². The average Bonchev–Trinajstić information content (AvgIpc) is 3.06. The lowest BCUT2D eigenvalue weighted by Crippen LogP contribution is -2.46. The minimum absolute atomic E-state index is 0. The number of fused-ring (bicyclic) bond motifs is 2. The molecular weight excluding hydrogens is 406 g/mol. The van der Waals surface area contributed by atoms with Crippen LogP contribution < -0.4 is 10.2 Å². The predicted octanol–water partition coefficient (Wildman–Crippen LogP) is 2.58. The van der Waals surface area contributed by atoms with Crippen molar-refractivity contribution in [3.05, 3.63) is 28.7 Å². The lowest BCUT2D eigenvalue weighted by molar-refractivity contribution is -0.138. The third-order valence-corrected chi connectivity index (χ3v) is 6.20. The Morgan fingerprint density at radius 1 is 1.16 bits per heavy atom. The standard InChI is InChI=1S/C18H22BrN3O2.ClH/c19-15-3-1-2-4-16(15)21-11-12(9-17(21)23)18(24)22-13-5-6-14(22)10-20-8-7-13;/h1-4,12-14,20H,5-11H2;1H. The number of rotatable bonds is 2. The van der Waals surface area contributed by atoms with E-state index in [0.29, 0.717) is 25.0 Å². The van der Waals surface area contributed by atoms with E-state index in [0.717, 1.165) is 42.5 Å². The topological polar surface area (TPSA) is 52.7 Å². The highest BCUT2D eigenvalue weighted by Gasteiger charge is 2.44. The molecule has 0 aromatic heterocycles. The number of nitrogens with one attached hydrogen (secondary N) is 1. The van der Waals surface area contributed by atoms with Crippen LogP contribution in [0.2, 0.25) is 0 Å². The zero-order valence-corrected chi connectivity index (χ0v) is 16.4. The minimum atomic E-state index is -0.217. The molecule has 3 atom stereocenters. The maximum atomic E-state index is 13.1. The highest BCUT2D eigenvalue weighted by atomic mass is 79.9. The Kier molecular flexibility index (Phi) is 5.71. The van der Waals surface area contributed by atoms with E-state index >= 15 is 0 Å². The summed E-state index contributed by atoms with van der Waals surface area (Å²) in [7, 11) is 0. The van der Waals surface area contributed by atoms with E-state index in [1.165, 1.54) is 0 Å². The molecular formula is C18H23BrClN3O2. The fourth-order valence-corrected chi connectivity index (χ4v) is 4.83. The molecule has 2 amide bonds. The van der Waals surface area contributed by atoms with Crippen molar-refractivity contribution in [2.75, 3.05) is 24.5 Å². The van der Waals surface area contributed by atoms with E-state index in [2.05, 4.69) is 26.1 Å². The Labute approximate surface area is 162 Å². The van der Waals surface area contributed by atoms with Crippen LogP contribution in [-0.4, -0.2) is 48.4 Å². The van der Waals surface area contributed by atoms with E-state index < -0.39 is 0 Å². The molecule has 0 saturated carbocycles. The number of para-hydroxylation sites is 1. The second-order valence-corrected chi connectivity index (χ2v) is 7.83. The summed E-state index contributed by atoms with van der Waals surface area (Å²) < 4.78 is 0.894. The van der Waals surface area contributed by atoms with E-state index in [1.807, 2.05) is 24.3 Å². The molecule has 0 aliphatic carbocycles. The number of nitrogens with zero attached hydrogens (tertiary/aromatic N) is 2. The Hall–Kier alpha value is -1.11. The Bertz CT molecular complexity index is 657. The van der Waals surface area contributed by atoms with Crippen LogP contribution in [0.5, 0.6) is 0 Å². The molecule has 5 nitrogen and oxygen atoms in total. The van der Waals surface area contributed by atoms with Crippen molar-refractivity contribution in [2.24, 2.45) is 5.92 Å². The van der Waals surface area contributed by atoms with Crippen molar-refractivity contribution in [1.29, 1.82) is 0 Å². The van der Waals surface area contributed by atoms with Gasteiger partial charge in [-0.05, 0) is 53.9 Å². The molecule has 3 fully saturated rings. The lowest BCUT2D eigenvalue weighted by atomic mass is 10.1. The number of carbonyl (C=O) groups is 2. The van der Waals surface area contributed by atoms with Gasteiger partial charge in [-0.3, -0.25) is 9.59 Å². The summed E-state index contributed by atoms with van der Waals surface area (Å²) in [6.07, 6.45) is 3.53. The molecule has 1 aromatic rings. The molecule has 4 rings (SSSR count). The first-order chi connectivity index (χ1) is 11.6. The van der Waals surface area contributed by atoms with E-state index in [1.54, 1.807) is 4.90 Å². The fraction of sp³-hybridized carbons (Fsp3) is 0.556. The van der Waals surface area contributed by atoms with Gasteiger partial charge in [0.1, 0.15) is 0 Å². The molecule has 2 bridgehead atoms. The highest BCUT2D eigenvalue weighted by Crippen LogP contribution is 2.35. The third-order valence-electron chi connectivity index (χ3n) is 5.53. The van der Waals surface area contributed by atoms with Gasteiger partial charge in [-0.2, -0.15) is 0 Å². The van der Waals surface area contributed by atoms with Gasteiger partial charge in [0.25, 0.3) is 0 Å². The first kappa shape index (κ1) is 18.7. The van der Waals surface area contributed by atoms with Crippen LogP contribution in [0.25, 0.3) is 0 Å². The number of halogens is 2. The Balaban J connectivity index is 0.00000182. The van der Waals surface area contributed by atoms with Gasteiger partial charge in [-0.1, -0.05) is 12.1 Å². The summed E-state index contributed by atoms with van der Waals surface area (Å²) in [5.41, 5.74) is 0.860. The van der Waals surface area contributed by atoms with Crippen molar-refractivity contribution in [1.82, 2.24) is 10.2 Å². The molecule has 3 saturated heterocycles. The largest absolute Gasteiger partial charge is 0.335 e. The van der Waals surface area contributed by atoms with Crippen LogP contribution in [0.4, 0.5) is 5.69 Å². The molecule has 1 N–H and O–H groups in total. The summed E-state index contributed by atoms with van der Waals surface area (Å²) in [4.78, 5) is 29.5. The molecule has 1 aromatic carbocycles. The van der Waals surface area contributed by atoms with Gasteiger partial charge < -0.3 is 15.1 Å². The smallest absolute Gasteiger partial charge is 0.228 e. The minimum Gasteiger partial charge on any atom is -0.335 e. The van der Waals surface area contributed by atoms with Gasteiger partial charge in [0.05, 0.1) is 11.6 Å². The van der Waals surface area contributed by atoms with Gasteiger partial charge in [0.15, 0.2) is 0 Å². The summed E-state index contributed by atoms with van der Waals surface area (Å²) in [6.45, 7) is 2.36. The highest BCUT2D eigenvalue weighted by molar-refractivity contribution is 9.10. The van der Waals surface area contributed by atoms with Crippen LogP contribution in [0.1, 0.15) is 25.7 Å². The lowest BCUT2D eigenvalue weighted by Gasteiger charge is -2.30. The van der Waals surface area contributed by atoms with Crippen LogP contribution in [0.15, 0.2) is 28.7 Å². The predicted molar refractivity (Wildman–Crippen MR) is 103 cm³/mol. The summed E-state index contributed by atoms with van der Waals surface area (Å²) >= 11 is 3.51. The molecule has 7 heteroatoms. The summed E-state index contributed by atoms with van der Waals surface area (Å²) in [5.74, 6) is 0.000420. The van der Waals surface area contributed by atoms with Crippen molar-refractivity contribution in [2.45, 2.75) is 37.8 Å². The maximum Gasteiger partial charge on any atom is 0.228 e. The van der Waals surface area contributed by atoms with Crippen LogP contribution in [0, 0.1) is 5.92 Å². The number of anilines is 1. The zero-order valence-electron chi connectivity index (χ0n) is 14.0. The first-order valence-electron chi connectivity index (χ1n) is 8.73. The van der Waals surface area contributed by atoms with Gasteiger partial charge >= 0.3 is 0 Å². The molecule has 136 valence electrons. The molecule has 3 aliphatic heterocycles.